The van der Waals surface area contributed by atoms with E-state index in [-0.39, 0.29) is 18.6 Å². The van der Waals surface area contributed by atoms with Crippen LogP contribution in [0.1, 0.15) is 25.3 Å². The van der Waals surface area contributed by atoms with E-state index in [1.54, 1.807) is 7.11 Å². The van der Waals surface area contributed by atoms with Gasteiger partial charge in [-0.25, -0.2) is 0 Å². The predicted molar refractivity (Wildman–Crippen MR) is 71.9 cm³/mol. The summed E-state index contributed by atoms with van der Waals surface area (Å²) in [7, 11) is 1.65. The van der Waals surface area contributed by atoms with Crippen molar-refractivity contribution in [2.75, 3.05) is 13.7 Å². The molecule has 0 fully saturated rings. The van der Waals surface area contributed by atoms with Crippen molar-refractivity contribution in [3.8, 4) is 11.5 Å². The van der Waals surface area contributed by atoms with Crippen molar-refractivity contribution in [1.29, 1.82) is 0 Å². The number of ether oxygens (including phenoxy) is 2. The third-order valence-corrected chi connectivity index (χ3v) is 3.30. The molecule has 0 amide bonds. The van der Waals surface area contributed by atoms with Gasteiger partial charge < -0.3 is 14.6 Å². The second-order valence-electron chi connectivity index (χ2n) is 4.58. The number of methoxy groups -OCH3 is 1. The molecule has 2 rings (SSSR count). The van der Waals surface area contributed by atoms with Crippen LogP contribution in [0.15, 0.2) is 24.3 Å². The molecule has 1 aromatic carbocycles. The van der Waals surface area contributed by atoms with E-state index in [9.17, 15) is 5.11 Å². The molecule has 0 saturated heterocycles. The van der Waals surface area contributed by atoms with E-state index < -0.39 is 0 Å². The quantitative estimate of drug-likeness (QED) is 0.870. The van der Waals surface area contributed by atoms with Crippen LogP contribution < -0.4 is 9.47 Å². The van der Waals surface area contributed by atoms with Gasteiger partial charge in [0.15, 0.2) is 0 Å². The number of aliphatic hydroxyl groups excluding tert-OH is 1. The first-order valence-electron chi connectivity index (χ1n) is 6.42. The summed E-state index contributed by atoms with van der Waals surface area (Å²) >= 11 is 0. The Labute approximate surface area is 108 Å². The number of aliphatic hydroxyl groups is 1. The Morgan fingerprint density at radius 1 is 1.44 bits per heavy atom. The zero-order valence-electron chi connectivity index (χ0n) is 10.9. The van der Waals surface area contributed by atoms with Gasteiger partial charge in [-0.3, -0.25) is 0 Å². The maximum Gasteiger partial charge on any atom is 0.127 e. The lowest BCUT2D eigenvalue weighted by Crippen LogP contribution is -2.29. The van der Waals surface area contributed by atoms with Crippen molar-refractivity contribution in [3.63, 3.8) is 0 Å². The highest BCUT2D eigenvalue weighted by Crippen LogP contribution is 2.32. The smallest absolute Gasteiger partial charge is 0.127 e. The molecule has 3 nitrogen and oxygen atoms in total. The average molecular weight is 248 g/mol. The fraction of sp³-hybridized carbons (Fsp3) is 0.467. The molecule has 3 heteroatoms. The van der Waals surface area contributed by atoms with Gasteiger partial charge in [-0.2, -0.15) is 0 Å². The summed E-state index contributed by atoms with van der Waals surface area (Å²) in [6, 6.07) is 5.77. The molecule has 1 heterocycles. The Kier molecular flexibility index (Phi) is 4.26. The standard InChI is InChI=1S/C15H20O3/c1-3-4-12(10-16)15-7-5-11-9-13(17-2)6-8-14(11)18-15/h5-9,12,15-16H,3-4,10H2,1-2H3/t12-,15+/m0/s1. The average Bonchev–Trinajstić information content (AvgIpc) is 2.43. The molecule has 18 heavy (non-hydrogen) atoms. The molecule has 0 aromatic heterocycles. The summed E-state index contributed by atoms with van der Waals surface area (Å²) in [4.78, 5) is 0. The molecule has 1 N–H and O–H groups in total. The van der Waals surface area contributed by atoms with Gasteiger partial charge in [0.05, 0.1) is 7.11 Å². The Morgan fingerprint density at radius 3 is 2.94 bits per heavy atom. The maximum absolute atomic E-state index is 9.41. The van der Waals surface area contributed by atoms with Gasteiger partial charge in [0, 0.05) is 18.1 Å². The second-order valence-corrected chi connectivity index (χ2v) is 4.58. The summed E-state index contributed by atoms with van der Waals surface area (Å²) < 4.78 is 11.1. The summed E-state index contributed by atoms with van der Waals surface area (Å²) in [6.07, 6.45) is 6.06. The van der Waals surface area contributed by atoms with E-state index >= 15 is 0 Å². The topological polar surface area (TPSA) is 38.7 Å². The Bertz CT molecular complexity index is 426. The van der Waals surface area contributed by atoms with Crippen LogP contribution >= 0.6 is 0 Å². The first-order valence-corrected chi connectivity index (χ1v) is 6.42. The van der Waals surface area contributed by atoms with Gasteiger partial charge in [0.2, 0.25) is 0 Å². The molecule has 0 spiro atoms. The summed E-state index contributed by atoms with van der Waals surface area (Å²) in [5.41, 5.74) is 1.03. The number of rotatable bonds is 5. The van der Waals surface area contributed by atoms with Crippen molar-refractivity contribution < 1.29 is 14.6 Å². The normalized spacial score (nSPS) is 18.9. The molecule has 2 atom stereocenters. The molecule has 0 saturated carbocycles. The molecular weight excluding hydrogens is 228 g/mol. The fourth-order valence-corrected chi connectivity index (χ4v) is 2.26. The fourth-order valence-electron chi connectivity index (χ4n) is 2.26. The van der Waals surface area contributed by atoms with Gasteiger partial charge in [0.25, 0.3) is 0 Å². The van der Waals surface area contributed by atoms with Crippen molar-refractivity contribution in [3.05, 3.63) is 29.8 Å². The Morgan fingerprint density at radius 2 is 2.28 bits per heavy atom. The monoisotopic (exact) mass is 248 g/mol. The van der Waals surface area contributed by atoms with Gasteiger partial charge >= 0.3 is 0 Å². The summed E-state index contributed by atoms with van der Waals surface area (Å²) in [5, 5.41) is 9.41. The van der Waals surface area contributed by atoms with E-state index in [0.717, 1.165) is 29.9 Å². The second kappa shape index (κ2) is 5.91. The van der Waals surface area contributed by atoms with E-state index in [2.05, 4.69) is 6.92 Å². The highest BCUT2D eigenvalue weighted by Gasteiger charge is 2.23. The molecule has 1 aromatic rings. The van der Waals surface area contributed by atoms with Gasteiger partial charge in [-0.1, -0.05) is 19.4 Å². The third-order valence-electron chi connectivity index (χ3n) is 3.30. The minimum absolute atomic E-state index is 0.0316. The lowest BCUT2D eigenvalue weighted by Gasteiger charge is -2.27. The van der Waals surface area contributed by atoms with Crippen LogP contribution in [-0.4, -0.2) is 24.9 Å². The van der Waals surface area contributed by atoms with Crippen molar-refractivity contribution >= 4 is 6.08 Å². The van der Waals surface area contributed by atoms with Crippen LogP contribution in [-0.2, 0) is 0 Å². The molecule has 0 radical (unpaired) electrons. The summed E-state index contributed by atoms with van der Waals surface area (Å²) in [6.45, 7) is 2.28. The summed E-state index contributed by atoms with van der Waals surface area (Å²) in [5.74, 6) is 1.85. The third kappa shape index (κ3) is 2.67. The number of benzene rings is 1. The van der Waals surface area contributed by atoms with Gasteiger partial charge in [-0.05, 0) is 30.7 Å². The first kappa shape index (κ1) is 13.0. The largest absolute Gasteiger partial charge is 0.497 e. The number of hydrogen-bond donors (Lipinski definition) is 1. The first-order chi connectivity index (χ1) is 8.78. The van der Waals surface area contributed by atoms with E-state index in [1.165, 1.54) is 0 Å². The minimum atomic E-state index is -0.0316. The van der Waals surface area contributed by atoms with Crippen LogP contribution in [0, 0.1) is 5.92 Å². The molecule has 1 aliphatic heterocycles. The van der Waals surface area contributed by atoms with E-state index in [1.807, 2.05) is 30.4 Å². The SMILES string of the molecule is CCC[C@@H](CO)[C@H]1C=Cc2cc(OC)ccc2O1. The highest BCUT2D eigenvalue weighted by atomic mass is 16.5. The van der Waals surface area contributed by atoms with Crippen molar-refractivity contribution in [2.45, 2.75) is 25.9 Å². The van der Waals surface area contributed by atoms with E-state index in [4.69, 9.17) is 9.47 Å². The van der Waals surface area contributed by atoms with Crippen molar-refractivity contribution in [1.82, 2.24) is 0 Å². The lowest BCUT2D eigenvalue weighted by atomic mass is 9.95. The van der Waals surface area contributed by atoms with Crippen LogP contribution in [0.5, 0.6) is 11.5 Å². The molecule has 1 aliphatic rings. The van der Waals surface area contributed by atoms with Crippen LogP contribution in [0.4, 0.5) is 0 Å². The lowest BCUT2D eigenvalue weighted by molar-refractivity contribution is 0.109. The van der Waals surface area contributed by atoms with Crippen LogP contribution in [0.25, 0.3) is 6.08 Å². The molecule has 0 aliphatic carbocycles. The molecule has 0 unspecified atom stereocenters. The zero-order chi connectivity index (χ0) is 13.0. The van der Waals surface area contributed by atoms with E-state index in [0.29, 0.717) is 0 Å². The van der Waals surface area contributed by atoms with Crippen LogP contribution in [0.3, 0.4) is 0 Å². The Hall–Kier alpha value is -1.48. The molecular formula is C15H20O3. The predicted octanol–water partition coefficient (Wildman–Crippen LogP) is 2.88. The minimum Gasteiger partial charge on any atom is -0.497 e. The zero-order valence-corrected chi connectivity index (χ0v) is 10.9. The molecule has 98 valence electrons. The maximum atomic E-state index is 9.41. The van der Waals surface area contributed by atoms with Gasteiger partial charge in [-0.15, -0.1) is 0 Å². The highest BCUT2D eigenvalue weighted by molar-refractivity contribution is 5.62. The van der Waals surface area contributed by atoms with Crippen LogP contribution in [0.2, 0.25) is 0 Å². The molecule has 0 bridgehead atoms. The Balaban J connectivity index is 2.15. The van der Waals surface area contributed by atoms with Crippen molar-refractivity contribution in [2.24, 2.45) is 5.92 Å². The van der Waals surface area contributed by atoms with Gasteiger partial charge in [0.1, 0.15) is 17.6 Å². The number of fused-ring (bicyclic) bond motifs is 1. The number of hydrogen-bond acceptors (Lipinski definition) is 3.